The van der Waals surface area contributed by atoms with Crippen molar-refractivity contribution in [3.8, 4) is 0 Å². The van der Waals surface area contributed by atoms with Crippen molar-refractivity contribution in [1.82, 2.24) is 0 Å². The van der Waals surface area contributed by atoms with Gasteiger partial charge in [-0.2, -0.15) is 26.3 Å². The summed E-state index contributed by atoms with van der Waals surface area (Å²) in [4.78, 5) is 0. The van der Waals surface area contributed by atoms with Crippen molar-refractivity contribution >= 4 is 22.1 Å². The number of alkyl halides is 6. The molecule has 0 atom stereocenters. The van der Waals surface area contributed by atoms with E-state index in [0.717, 1.165) is 22.9 Å². The van der Waals surface area contributed by atoms with Gasteiger partial charge in [-0.1, -0.05) is 60.7 Å². The minimum Gasteiger partial charge on any atom is -0.380 e. The summed E-state index contributed by atoms with van der Waals surface area (Å²) in [7, 11) is 0. The molecule has 0 unspecified atom stereocenters. The highest BCUT2D eigenvalue weighted by Crippen LogP contribution is 2.35. The molecule has 2 nitrogen and oxygen atoms in total. The standard InChI is InChI=1S/C26H20F6N2/c27-25(28,29)21-11-5-1-7-17(21)15-33-23-13-14-24(20-10-4-3-9-19(20)23)34-16-18-8-2-6-12-22(18)26(30,31)32/h1-14,33-34H,15-16H2. The van der Waals surface area contributed by atoms with E-state index in [9.17, 15) is 26.3 Å². The fourth-order valence-corrected chi connectivity index (χ4v) is 3.89. The van der Waals surface area contributed by atoms with E-state index in [1.54, 1.807) is 36.4 Å². The van der Waals surface area contributed by atoms with Gasteiger partial charge >= 0.3 is 12.4 Å². The first-order valence-corrected chi connectivity index (χ1v) is 10.4. The molecule has 4 aromatic carbocycles. The summed E-state index contributed by atoms with van der Waals surface area (Å²) in [6, 6.07) is 21.3. The molecule has 0 heterocycles. The van der Waals surface area contributed by atoms with Gasteiger partial charge in [0.05, 0.1) is 11.1 Å². The Morgan fingerprint density at radius 3 is 1.21 bits per heavy atom. The number of fused-ring (bicyclic) bond motifs is 1. The highest BCUT2D eigenvalue weighted by atomic mass is 19.4. The van der Waals surface area contributed by atoms with Gasteiger partial charge in [0.2, 0.25) is 0 Å². The van der Waals surface area contributed by atoms with E-state index < -0.39 is 23.5 Å². The highest BCUT2D eigenvalue weighted by Gasteiger charge is 2.33. The second-order valence-corrected chi connectivity index (χ2v) is 7.72. The van der Waals surface area contributed by atoms with Crippen LogP contribution < -0.4 is 10.6 Å². The van der Waals surface area contributed by atoms with Crippen molar-refractivity contribution in [2.24, 2.45) is 0 Å². The summed E-state index contributed by atoms with van der Waals surface area (Å²) >= 11 is 0. The number of halogens is 6. The molecule has 0 amide bonds. The zero-order chi connectivity index (χ0) is 24.3. The van der Waals surface area contributed by atoms with Gasteiger partial charge in [0.25, 0.3) is 0 Å². The molecule has 34 heavy (non-hydrogen) atoms. The van der Waals surface area contributed by atoms with Gasteiger partial charge in [-0.05, 0) is 35.4 Å². The van der Waals surface area contributed by atoms with Crippen molar-refractivity contribution in [2.45, 2.75) is 25.4 Å². The van der Waals surface area contributed by atoms with Crippen LogP contribution in [0, 0.1) is 0 Å². The Morgan fingerprint density at radius 2 is 0.824 bits per heavy atom. The fourth-order valence-electron chi connectivity index (χ4n) is 3.89. The lowest BCUT2D eigenvalue weighted by atomic mass is 10.0. The van der Waals surface area contributed by atoms with Crippen molar-refractivity contribution in [1.29, 1.82) is 0 Å². The number of hydrogen-bond acceptors (Lipinski definition) is 2. The molecule has 0 aromatic heterocycles. The van der Waals surface area contributed by atoms with Gasteiger partial charge in [0.15, 0.2) is 0 Å². The Morgan fingerprint density at radius 1 is 0.471 bits per heavy atom. The smallest absolute Gasteiger partial charge is 0.380 e. The van der Waals surface area contributed by atoms with E-state index in [-0.39, 0.29) is 24.2 Å². The minimum absolute atomic E-state index is 0.0363. The van der Waals surface area contributed by atoms with Gasteiger partial charge in [0.1, 0.15) is 0 Å². The summed E-state index contributed by atoms with van der Waals surface area (Å²) in [5, 5.41) is 7.61. The van der Waals surface area contributed by atoms with Crippen molar-refractivity contribution in [3.05, 3.63) is 107 Å². The number of benzene rings is 4. The summed E-state index contributed by atoms with van der Waals surface area (Å²) < 4.78 is 79.8. The Hall–Kier alpha value is -3.68. The normalized spacial score (nSPS) is 12.1. The monoisotopic (exact) mass is 474 g/mol. The van der Waals surface area contributed by atoms with E-state index in [1.807, 2.05) is 12.1 Å². The van der Waals surface area contributed by atoms with Gasteiger partial charge in [-0.15, -0.1) is 0 Å². The zero-order valence-corrected chi connectivity index (χ0v) is 17.8. The van der Waals surface area contributed by atoms with Crippen LogP contribution in [0.15, 0.2) is 84.9 Å². The van der Waals surface area contributed by atoms with Crippen molar-refractivity contribution < 1.29 is 26.3 Å². The third-order valence-corrected chi connectivity index (χ3v) is 5.51. The van der Waals surface area contributed by atoms with E-state index >= 15 is 0 Å². The maximum atomic E-state index is 13.3. The second-order valence-electron chi connectivity index (χ2n) is 7.72. The van der Waals surface area contributed by atoms with Crippen molar-refractivity contribution in [3.63, 3.8) is 0 Å². The van der Waals surface area contributed by atoms with E-state index in [4.69, 9.17) is 0 Å². The molecule has 176 valence electrons. The third kappa shape index (κ3) is 5.11. The molecule has 0 fully saturated rings. The van der Waals surface area contributed by atoms with Gasteiger partial charge in [0, 0.05) is 35.2 Å². The SMILES string of the molecule is FC(F)(F)c1ccccc1CNc1ccc(NCc2ccccc2C(F)(F)F)c2ccccc12. The van der Waals surface area contributed by atoms with Crippen LogP contribution in [0.25, 0.3) is 10.8 Å². The lowest BCUT2D eigenvalue weighted by Gasteiger charge is -2.17. The topological polar surface area (TPSA) is 24.1 Å². The van der Waals surface area contributed by atoms with Gasteiger partial charge < -0.3 is 10.6 Å². The quantitative estimate of drug-likeness (QED) is 0.276. The molecule has 4 rings (SSSR count). The number of hydrogen-bond donors (Lipinski definition) is 2. The molecule has 0 saturated heterocycles. The van der Waals surface area contributed by atoms with Crippen LogP contribution in [0.4, 0.5) is 37.7 Å². The molecule has 0 aliphatic rings. The fraction of sp³-hybridized carbons (Fsp3) is 0.154. The highest BCUT2D eigenvalue weighted by molar-refractivity contribution is 6.01. The van der Waals surface area contributed by atoms with Crippen LogP contribution in [0.1, 0.15) is 22.3 Å². The molecule has 0 saturated carbocycles. The molecule has 0 aliphatic heterocycles. The molecule has 0 radical (unpaired) electrons. The predicted molar refractivity (Wildman–Crippen MR) is 121 cm³/mol. The summed E-state index contributed by atoms with van der Waals surface area (Å²) in [6.07, 6.45) is -8.92. The molecule has 4 aromatic rings. The Kier molecular flexibility index (Phi) is 6.41. The van der Waals surface area contributed by atoms with E-state index in [0.29, 0.717) is 11.4 Å². The number of anilines is 2. The maximum Gasteiger partial charge on any atom is 0.416 e. The van der Waals surface area contributed by atoms with Crippen LogP contribution in [0.5, 0.6) is 0 Å². The molecule has 0 bridgehead atoms. The Balaban J connectivity index is 1.59. The van der Waals surface area contributed by atoms with Gasteiger partial charge in [-0.3, -0.25) is 0 Å². The molecule has 2 N–H and O–H groups in total. The molecule has 0 spiro atoms. The average Bonchev–Trinajstić information content (AvgIpc) is 2.81. The lowest BCUT2D eigenvalue weighted by Crippen LogP contribution is -2.12. The first kappa shape index (κ1) is 23.5. The molecule has 0 aliphatic carbocycles. The Bertz CT molecular complexity index is 1190. The largest absolute Gasteiger partial charge is 0.416 e. The molecular weight excluding hydrogens is 454 g/mol. The number of nitrogens with one attached hydrogen (secondary N) is 2. The first-order chi connectivity index (χ1) is 16.1. The third-order valence-electron chi connectivity index (χ3n) is 5.51. The predicted octanol–water partition coefficient (Wildman–Crippen LogP) is 8.10. The Labute approximate surface area is 192 Å². The van der Waals surface area contributed by atoms with Crippen LogP contribution >= 0.6 is 0 Å². The second kappa shape index (κ2) is 9.29. The summed E-state index contributed by atoms with van der Waals surface area (Å²) in [6.45, 7) is -0.0726. The van der Waals surface area contributed by atoms with E-state index in [2.05, 4.69) is 10.6 Å². The van der Waals surface area contributed by atoms with E-state index in [1.165, 1.54) is 24.3 Å². The first-order valence-electron chi connectivity index (χ1n) is 10.4. The van der Waals surface area contributed by atoms with Crippen LogP contribution in [-0.2, 0) is 25.4 Å². The molecule has 8 heteroatoms. The zero-order valence-electron chi connectivity index (χ0n) is 17.8. The minimum atomic E-state index is -4.46. The lowest BCUT2D eigenvalue weighted by molar-refractivity contribution is -0.139. The van der Waals surface area contributed by atoms with Gasteiger partial charge in [-0.25, -0.2) is 0 Å². The molecular formula is C26H20F6N2. The van der Waals surface area contributed by atoms with Crippen LogP contribution in [-0.4, -0.2) is 0 Å². The summed E-state index contributed by atoms with van der Waals surface area (Å²) in [5.41, 5.74) is 0.0690. The maximum absolute atomic E-state index is 13.3. The van der Waals surface area contributed by atoms with Crippen LogP contribution in [0.2, 0.25) is 0 Å². The van der Waals surface area contributed by atoms with Crippen molar-refractivity contribution in [2.75, 3.05) is 10.6 Å². The number of rotatable bonds is 6. The average molecular weight is 474 g/mol. The summed E-state index contributed by atoms with van der Waals surface area (Å²) in [5.74, 6) is 0. The van der Waals surface area contributed by atoms with Crippen LogP contribution in [0.3, 0.4) is 0 Å².